The van der Waals surface area contributed by atoms with Gasteiger partial charge in [-0.15, -0.1) is 0 Å². The summed E-state index contributed by atoms with van der Waals surface area (Å²) in [7, 11) is -3.93. The summed E-state index contributed by atoms with van der Waals surface area (Å²) in [6, 6.07) is 20.7. The lowest BCUT2D eigenvalue weighted by molar-refractivity contribution is 0.0793. The number of hydrogen-bond donors (Lipinski definition) is 0. The van der Waals surface area contributed by atoms with Crippen molar-refractivity contribution in [3.8, 4) is 0 Å². The van der Waals surface area contributed by atoms with E-state index >= 15 is 0 Å². The van der Waals surface area contributed by atoms with Crippen LogP contribution in [0, 0.1) is 6.92 Å². The lowest BCUT2D eigenvalue weighted by Gasteiger charge is -2.28. The molecule has 5 nitrogen and oxygen atoms in total. The molecule has 0 aromatic heterocycles. The summed E-state index contributed by atoms with van der Waals surface area (Å²) < 4.78 is 28.9. The van der Waals surface area contributed by atoms with Crippen LogP contribution < -0.4 is 4.31 Å². The second kappa shape index (κ2) is 9.35. The van der Waals surface area contributed by atoms with Gasteiger partial charge in [-0.25, -0.2) is 8.42 Å². The molecule has 1 aliphatic heterocycles. The van der Waals surface area contributed by atoms with Gasteiger partial charge < -0.3 is 4.90 Å². The summed E-state index contributed by atoms with van der Waals surface area (Å²) in [6.07, 6.45) is 1.92. The number of benzene rings is 3. The number of rotatable bonds is 6. The van der Waals surface area contributed by atoms with Gasteiger partial charge in [0.25, 0.3) is 15.9 Å². The molecule has 0 spiro atoms. The van der Waals surface area contributed by atoms with Gasteiger partial charge in [0.1, 0.15) is 0 Å². The first-order valence-electron chi connectivity index (χ1n) is 10.6. The number of likely N-dealkylation sites (tertiary alicyclic amines) is 1. The van der Waals surface area contributed by atoms with Gasteiger partial charge in [0.15, 0.2) is 0 Å². The number of sulfonamides is 1. The number of carbonyl (C=O) groups is 1. The van der Waals surface area contributed by atoms with Crippen LogP contribution in [0.15, 0.2) is 77.7 Å². The Balaban J connectivity index is 1.82. The van der Waals surface area contributed by atoms with Crippen LogP contribution in [0.4, 0.5) is 5.69 Å². The normalized spacial score (nSPS) is 13.9. The number of nitrogens with zero attached hydrogens (tertiary/aromatic N) is 2. The Morgan fingerprint density at radius 2 is 1.56 bits per heavy atom. The average molecular weight is 469 g/mol. The van der Waals surface area contributed by atoms with E-state index in [1.165, 1.54) is 4.31 Å². The van der Waals surface area contributed by atoms with Crippen LogP contribution in [0.25, 0.3) is 0 Å². The molecule has 1 saturated heterocycles. The quantitative estimate of drug-likeness (QED) is 0.494. The molecular formula is C25H25ClN2O3S. The molecule has 3 aromatic carbocycles. The van der Waals surface area contributed by atoms with Crippen molar-refractivity contribution in [2.75, 3.05) is 17.4 Å². The van der Waals surface area contributed by atoms with Crippen LogP contribution in [0.5, 0.6) is 0 Å². The molecule has 0 unspecified atom stereocenters. The fourth-order valence-electron chi connectivity index (χ4n) is 3.86. The molecule has 1 aliphatic rings. The molecule has 1 heterocycles. The first-order valence-corrected chi connectivity index (χ1v) is 12.4. The van der Waals surface area contributed by atoms with E-state index in [4.69, 9.17) is 11.6 Å². The van der Waals surface area contributed by atoms with Crippen molar-refractivity contribution < 1.29 is 13.2 Å². The van der Waals surface area contributed by atoms with Crippen molar-refractivity contribution in [1.29, 1.82) is 0 Å². The summed E-state index contributed by atoms with van der Waals surface area (Å²) in [5, 5.41) is 0.575. The maximum Gasteiger partial charge on any atom is 0.264 e. The molecule has 32 heavy (non-hydrogen) atoms. The smallest absolute Gasteiger partial charge is 0.264 e. The Morgan fingerprint density at radius 3 is 2.22 bits per heavy atom. The van der Waals surface area contributed by atoms with Crippen molar-refractivity contribution in [3.63, 3.8) is 0 Å². The van der Waals surface area contributed by atoms with Crippen molar-refractivity contribution in [3.05, 3.63) is 94.5 Å². The zero-order chi connectivity index (χ0) is 22.7. The lowest BCUT2D eigenvalue weighted by atomic mass is 10.1. The van der Waals surface area contributed by atoms with Gasteiger partial charge >= 0.3 is 0 Å². The van der Waals surface area contributed by atoms with Gasteiger partial charge in [-0.1, -0.05) is 53.6 Å². The Hall–Kier alpha value is -2.83. The van der Waals surface area contributed by atoms with Crippen LogP contribution >= 0.6 is 11.6 Å². The molecule has 0 atom stereocenters. The monoisotopic (exact) mass is 468 g/mol. The predicted octanol–water partition coefficient (Wildman–Crippen LogP) is 5.28. The third kappa shape index (κ3) is 4.66. The number of halogens is 1. The molecule has 3 aromatic rings. The summed E-state index contributed by atoms with van der Waals surface area (Å²) in [4.78, 5) is 15.2. The molecule has 0 radical (unpaired) electrons. The molecule has 0 N–H and O–H groups in total. The largest absolute Gasteiger partial charge is 0.339 e. The number of para-hydroxylation sites is 1. The predicted molar refractivity (Wildman–Crippen MR) is 128 cm³/mol. The van der Waals surface area contributed by atoms with E-state index in [0.717, 1.165) is 24.0 Å². The van der Waals surface area contributed by atoms with Crippen molar-refractivity contribution in [2.45, 2.75) is 31.2 Å². The first kappa shape index (κ1) is 22.4. The Labute approximate surface area is 194 Å². The summed E-state index contributed by atoms with van der Waals surface area (Å²) in [6.45, 7) is 3.37. The second-order valence-electron chi connectivity index (χ2n) is 7.97. The fourth-order valence-corrected chi connectivity index (χ4v) is 5.45. The van der Waals surface area contributed by atoms with Crippen LogP contribution in [-0.4, -0.2) is 32.3 Å². The Kier molecular flexibility index (Phi) is 6.53. The average Bonchev–Trinajstić information content (AvgIpc) is 3.33. The van der Waals surface area contributed by atoms with E-state index in [1.807, 2.05) is 6.92 Å². The Bertz CT molecular complexity index is 1200. The van der Waals surface area contributed by atoms with Gasteiger partial charge in [0.05, 0.1) is 22.7 Å². The molecule has 1 fully saturated rings. The molecule has 166 valence electrons. The standard InChI is InChI=1S/C25H25ClN2O3S/c1-19-8-14-22(15-9-19)32(30,31)28(18-20-10-12-21(26)13-11-20)24-7-3-2-6-23(24)25(29)27-16-4-5-17-27/h2-3,6-15H,4-5,16-18H2,1H3. The topological polar surface area (TPSA) is 57.7 Å². The highest BCUT2D eigenvalue weighted by molar-refractivity contribution is 7.92. The summed E-state index contributed by atoms with van der Waals surface area (Å²) in [5.74, 6) is -0.140. The minimum atomic E-state index is -3.93. The second-order valence-corrected chi connectivity index (χ2v) is 10.3. The van der Waals surface area contributed by atoms with Gasteiger partial charge in [0, 0.05) is 18.1 Å². The van der Waals surface area contributed by atoms with Crippen LogP contribution in [0.2, 0.25) is 5.02 Å². The highest BCUT2D eigenvalue weighted by Crippen LogP contribution is 2.31. The van der Waals surface area contributed by atoms with Crippen LogP contribution in [-0.2, 0) is 16.6 Å². The molecule has 1 amide bonds. The SMILES string of the molecule is Cc1ccc(S(=O)(=O)N(Cc2ccc(Cl)cc2)c2ccccc2C(=O)N2CCCC2)cc1. The van der Waals surface area contributed by atoms with Gasteiger partial charge in [-0.3, -0.25) is 9.10 Å². The van der Waals surface area contributed by atoms with E-state index in [0.29, 0.717) is 29.4 Å². The minimum absolute atomic E-state index is 0.0810. The first-order chi connectivity index (χ1) is 15.4. The fraction of sp³-hybridized carbons (Fsp3) is 0.240. The molecule has 0 aliphatic carbocycles. The van der Waals surface area contributed by atoms with Crippen LogP contribution in [0.3, 0.4) is 0 Å². The number of amides is 1. The molecule has 7 heteroatoms. The maximum atomic E-state index is 13.8. The maximum absolute atomic E-state index is 13.8. The van der Waals surface area contributed by atoms with E-state index in [1.54, 1.807) is 77.7 Å². The lowest BCUT2D eigenvalue weighted by Crippen LogP contribution is -2.34. The van der Waals surface area contributed by atoms with Crippen molar-refractivity contribution in [1.82, 2.24) is 4.90 Å². The third-order valence-electron chi connectivity index (χ3n) is 5.64. The highest BCUT2D eigenvalue weighted by atomic mass is 35.5. The van der Waals surface area contributed by atoms with Gasteiger partial charge in [-0.05, 0) is 61.7 Å². The number of hydrogen-bond acceptors (Lipinski definition) is 3. The van der Waals surface area contributed by atoms with E-state index in [2.05, 4.69) is 0 Å². The van der Waals surface area contributed by atoms with Gasteiger partial charge in [0.2, 0.25) is 0 Å². The van der Waals surface area contributed by atoms with Crippen molar-refractivity contribution >= 4 is 33.2 Å². The van der Waals surface area contributed by atoms with Gasteiger partial charge in [-0.2, -0.15) is 0 Å². The number of carbonyl (C=O) groups excluding carboxylic acids is 1. The molecular weight excluding hydrogens is 444 g/mol. The molecule has 0 saturated carbocycles. The summed E-state index contributed by atoms with van der Waals surface area (Å²) in [5.41, 5.74) is 2.50. The van der Waals surface area contributed by atoms with E-state index in [-0.39, 0.29) is 17.3 Å². The summed E-state index contributed by atoms with van der Waals surface area (Å²) >= 11 is 6.02. The van der Waals surface area contributed by atoms with Crippen molar-refractivity contribution in [2.24, 2.45) is 0 Å². The third-order valence-corrected chi connectivity index (χ3v) is 7.67. The number of aryl methyl sites for hydroxylation is 1. The highest BCUT2D eigenvalue weighted by Gasteiger charge is 2.30. The molecule has 0 bridgehead atoms. The van der Waals surface area contributed by atoms with E-state index in [9.17, 15) is 13.2 Å². The zero-order valence-electron chi connectivity index (χ0n) is 17.9. The Morgan fingerprint density at radius 1 is 0.938 bits per heavy atom. The zero-order valence-corrected chi connectivity index (χ0v) is 19.4. The van der Waals surface area contributed by atoms with E-state index < -0.39 is 10.0 Å². The number of anilines is 1. The minimum Gasteiger partial charge on any atom is -0.339 e. The molecule has 4 rings (SSSR count). The van der Waals surface area contributed by atoms with Crippen LogP contribution in [0.1, 0.15) is 34.3 Å².